The van der Waals surface area contributed by atoms with Crippen LogP contribution >= 0.6 is 22.7 Å². The summed E-state index contributed by atoms with van der Waals surface area (Å²) in [6.45, 7) is 1.91. The minimum Gasteiger partial charge on any atom is -0.341 e. The number of rotatable bonds is 2. The van der Waals surface area contributed by atoms with E-state index in [0.29, 0.717) is 11.3 Å². The second-order valence-electron chi connectivity index (χ2n) is 4.62. The van der Waals surface area contributed by atoms with E-state index >= 15 is 0 Å². The predicted octanol–water partition coefficient (Wildman–Crippen LogP) is 3.05. The first-order valence-corrected chi connectivity index (χ1v) is 7.88. The molecule has 2 heterocycles. The highest BCUT2D eigenvalue weighted by atomic mass is 32.1. The van der Waals surface area contributed by atoms with Crippen LogP contribution in [-0.4, -0.2) is 17.7 Å². The maximum absolute atomic E-state index is 12.3. The van der Waals surface area contributed by atoms with Gasteiger partial charge in [0.05, 0.1) is 10.9 Å². The second kappa shape index (κ2) is 4.90. The molecule has 3 rings (SSSR count). The second-order valence-corrected chi connectivity index (χ2v) is 6.54. The quantitative estimate of drug-likeness (QED) is 0.924. The van der Waals surface area contributed by atoms with Crippen molar-refractivity contribution in [3.8, 4) is 0 Å². The smallest absolute Gasteiger partial charge is 0.262 e. The Morgan fingerprint density at radius 2 is 2.11 bits per heavy atom. The molecule has 0 aliphatic heterocycles. The average molecular weight is 291 g/mol. The van der Waals surface area contributed by atoms with Crippen LogP contribution in [0, 0.1) is 6.92 Å². The van der Waals surface area contributed by atoms with Crippen LogP contribution in [0.3, 0.4) is 0 Å². The Morgan fingerprint density at radius 3 is 2.84 bits per heavy atom. The van der Waals surface area contributed by atoms with E-state index in [4.69, 9.17) is 0 Å². The summed E-state index contributed by atoms with van der Waals surface area (Å²) in [4.78, 5) is 26.2. The Morgan fingerprint density at radius 1 is 1.32 bits per heavy atom. The highest BCUT2D eigenvalue weighted by Gasteiger charge is 2.29. The molecule has 0 radical (unpaired) electrons. The van der Waals surface area contributed by atoms with E-state index in [1.54, 1.807) is 11.3 Å². The number of hydrogen-bond donors (Lipinski definition) is 1. The minimum atomic E-state index is -0.379. The molecule has 1 unspecified atom stereocenters. The molecule has 0 saturated heterocycles. The number of carbonyl (C=O) groups is 2. The van der Waals surface area contributed by atoms with Gasteiger partial charge in [0.25, 0.3) is 5.91 Å². The SMILES string of the molecule is Cc1ccsc1C(=O)NC1CCc2sccc2C1=O. The maximum atomic E-state index is 12.3. The summed E-state index contributed by atoms with van der Waals surface area (Å²) in [6, 6.07) is 3.40. The molecule has 2 aromatic rings. The summed E-state index contributed by atoms with van der Waals surface area (Å²) >= 11 is 3.03. The zero-order valence-electron chi connectivity index (χ0n) is 10.4. The van der Waals surface area contributed by atoms with E-state index < -0.39 is 0 Å². The monoisotopic (exact) mass is 291 g/mol. The standard InChI is InChI=1S/C14H13NO2S2/c1-8-4-6-19-13(8)14(17)15-10-2-3-11-9(12(10)16)5-7-18-11/h4-7,10H,2-3H2,1H3,(H,15,17). The Labute approximate surface area is 119 Å². The fourth-order valence-electron chi connectivity index (χ4n) is 2.31. The average Bonchev–Trinajstić information content (AvgIpc) is 3.01. The van der Waals surface area contributed by atoms with Gasteiger partial charge in [-0.1, -0.05) is 0 Å². The molecule has 1 aliphatic carbocycles. The molecule has 2 aromatic heterocycles. The van der Waals surface area contributed by atoms with Gasteiger partial charge < -0.3 is 5.32 Å². The summed E-state index contributed by atoms with van der Waals surface area (Å²) in [7, 11) is 0. The Hall–Kier alpha value is -1.46. The van der Waals surface area contributed by atoms with Crippen LogP contribution in [0.2, 0.25) is 0 Å². The van der Waals surface area contributed by atoms with Gasteiger partial charge in [0.1, 0.15) is 0 Å². The van der Waals surface area contributed by atoms with Gasteiger partial charge in [0.15, 0.2) is 5.78 Å². The first kappa shape index (κ1) is 12.6. The first-order chi connectivity index (χ1) is 9.16. The lowest BCUT2D eigenvalue weighted by atomic mass is 9.93. The summed E-state index contributed by atoms with van der Waals surface area (Å²) in [5, 5.41) is 6.70. The van der Waals surface area contributed by atoms with E-state index in [1.165, 1.54) is 11.3 Å². The fourth-order valence-corrected chi connectivity index (χ4v) is 4.04. The number of amides is 1. The van der Waals surface area contributed by atoms with Crippen molar-refractivity contribution in [1.29, 1.82) is 0 Å². The summed E-state index contributed by atoms with van der Waals surface area (Å²) < 4.78 is 0. The van der Waals surface area contributed by atoms with Crippen LogP contribution < -0.4 is 5.32 Å². The van der Waals surface area contributed by atoms with Crippen LogP contribution in [0.15, 0.2) is 22.9 Å². The number of carbonyl (C=O) groups excluding carboxylic acids is 2. The highest BCUT2D eigenvalue weighted by Crippen LogP contribution is 2.26. The number of thiophene rings is 2. The number of fused-ring (bicyclic) bond motifs is 1. The summed E-state index contributed by atoms with van der Waals surface area (Å²) in [5.41, 5.74) is 1.74. The van der Waals surface area contributed by atoms with Crippen molar-refractivity contribution in [3.05, 3.63) is 43.8 Å². The number of Topliss-reactive ketones (excluding diaryl/α,β-unsaturated/α-hetero) is 1. The zero-order chi connectivity index (χ0) is 13.4. The van der Waals surface area contributed by atoms with Crippen LogP contribution in [0.25, 0.3) is 0 Å². The van der Waals surface area contributed by atoms with Crippen LogP contribution in [0.5, 0.6) is 0 Å². The fraction of sp³-hybridized carbons (Fsp3) is 0.286. The molecular weight excluding hydrogens is 278 g/mol. The van der Waals surface area contributed by atoms with Gasteiger partial charge in [0.2, 0.25) is 0 Å². The number of nitrogens with one attached hydrogen (secondary N) is 1. The lowest BCUT2D eigenvalue weighted by molar-refractivity contribution is 0.0848. The number of ketones is 1. The molecule has 98 valence electrons. The van der Waals surface area contributed by atoms with E-state index in [2.05, 4.69) is 5.32 Å². The molecule has 1 atom stereocenters. The summed E-state index contributed by atoms with van der Waals surface area (Å²) in [6.07, 6.45) is 1.57. The highest BCUT2D eigenvalue weighted by molar-refractivity contribution is 7.12. The van der Waals surface area contributed by atoms with Crippen molar-refractivity contribution in [3.63, 3.8) is 0 Å². The molecule has 0 fully saturated rings. The molecule has 1 aliphatic rings. The van der Waals surface area contributed by atoms with Gasteiger partial charge in [-0.3, -0.25) is 9.59 Å². The summed E-state index contributed by atoms with van der Waals surface area (Å²) in [5.74, 6) is -0.0883. The molecule has 5 heteroatoms. The van der Waals surface area contributed by atoms with Crippen molar-refractivity contribution < 1.29 is 9.59 Å². The Balaban J connectivity index is 1.77. The predicted molar refractivity (Wildman–Crippen MR) is 77.3 cm³/mol. The first-order valence-electron chi connectivity index (χ1n) is 6.12. The molecule has 1 amide bonds. The van der Waals surface area contributed by atoms with Crippen molar-refractivity contribution in [2.24, 2.45) is 0 Å². The normalized spacial score (nSPS) is 18.2. The van der Waals surface area contributed by atoms with Gasteiger partial charge in [-0.15, -0.1) is 22.7 Å². The molecule has 3 nitrogen and oxygen atoms in total. The van der Waals surface area contributed by atoms with Crippen LogP contribution in [-0.2, 0) is 6.42 Å². The van der Waals surface area contributed by atoms with E-state index in [-0.39, 0.29) is 17.7 Å². The third-order valence-electron chi connectivity index (χ3n) is 3.36. The third kappa shape index (κ3) is 2.24. The molecule has 0 saturated carbocycles. The lowest BCUT2D eigenvalue weighted by Gasteiger charge is -2.21. The van der Waals surface area contributed by atoms with Gasteiger partial charge in [-0.25, -0.2) is 0 Å². The van der Waals surface area contributed by atoms with E-state index in [0.717, 1.165) is 22.4 Å². The van der Waals surface area contributed by atoms with E-state index in [1.807, 2.05) is 29.8 Å². The number of hydrogen-bond acceptors (Lipinski definition) is 4. The molecule has 1 N–H and O–H groups in total. The van der Waals surface area contributed by atoms with Gasteiger partial charge >= 0.3 is 0 Å². The van der Waals surface area contributed by atoms with Crippen molar-refractivity contribution in [2.45, 2.75) is 25.8 Å². The largest absolute Gasteiger partial charge is 0.341 e. The molecule has 0 spiro atoms. The number of aryl methyl sites for hydroxylation is 2. The van der Waals surface area contributed by atoms with E-state index in [9.17, 15) is 9.59 Å². The van der Waals surface area contributed by atoms with Crippen molar-refractivity contribution >= 4 is 34.4 Å². The molecular formula is C14H13NO2S2. The van der Waals surface area contributed by atoms with Gasteiger partial charge in [-0.05, 0) is 48.2 Å². The van der Waals surface area contributed by atoms with Crippen molar-refractivity contribution in [2.75, 3.05) is 0 Å². The Bertz CT molecular complexity index is 641. The molecule has 0 aromatic carbocycles. The molecule has 0 bridgehead atoms. The van der Waals surface area contributed by atoms with Gasteiger partial charge in [0, 0.05) is 10.4 Å². The molecule has 19 heavy (non-hydrogen) atoms. The minimum absolute atomic E-state index is 0.0464. The zero-order valence-corrected chi connectivity index (χ0v) is 12.1. The maximum Gasteiger partial charge on any atom is 0.262 e. The van der Waals surface area contributed by atoms with Crippen LogP contribution in [0.4, 0.5) is 0 Å². The van der Waals surface area contributed by atoms with Gasteiger partial charge in [-0.2, -0.15) is 0 Å². The Kier molecular flexibility index (Phi) is 3.24. The topological polar surface area (TPSA) is 46.2 Å². The van der Waals surface area contributed by atoms with Crippen molar-refractivity contribution in [1.82, 2.24) is 5.32 Å². The van der Waals surface area contributed by atoms with Crippen LogP contribution in [0.1, 0.15) is 36.9 Å². The third-order valence-corrected chi connectivity index (χ3v) is 5.36. The lowest BCUT2D eigenvalue weighted by Crippen LogP contribution is -2.43.